The first kappa shape index (κ1) is 21.7. The average Bonchev–Trinajstić information content (AvgIpc) is 2.62. The molecule has 0 unspecified atom stereocenters. The molecule has 1 amide bonds. The molecule has 0 radical (unpaired) electrons. The van der Waals surface area contributed by atoms with Crippen molar-refractivity contribution in [2.45, 2.75) is 19.3 Å². The summed E-state index contributed by atoms with van der Waals surface area (Å²) in [4.78, 5) is 11.9. The number of carbonyl (C=O) groups is 1. The first-order valence-corrected chi connectivity index (χ1v) is 10.5. The van der Waals surface area contributed by atoms with E-state index in [1.54, 1.807) is 12.1 Å². The Morgan fingerprint density at radius 3 is 2.32 bits per heavy atom. The number of carbonyl (C=O) groups excluding carboxylic acids is 1. The van der Waals surface area contributed by atoms with E-state index in [9.17, 15) is 26.4 Å². The molecule has 2 aromatic rings. The van der Waals surface area contributed by atoms with Gasteiger partial charge in [0.2, 0.25) is 15.9 Å². The maximum Gasteiger partial charge on any atom is 0.232 e. The molecule has 0 aliphatic rings. The molecule has 2 aromatic carbocycles. The first-order chi connectivity index (χ1) is 13.2. The average molecular weight is 414 g/mol. The summed E-state index contributed by atoms with van der Waals surface area (Å²) < 4.78 is 64.1. The lowest BCUT2D eigenvalue weighted by molar-refractivity contribution is -0.121. The van der Waals surface area contributed by atoms with Crippen LogP contribution in [0.3, 0.4) is 0 Å². The number of benzene rings is 2. The van der Waals surface area contributed by atoms with E-state index < -0.39 is 21.7 Å². The summed E-state index contributed by atoms with van der Waals surface area (Å²) >= 11 is 0. The SMILES string of the molecule is CS(=O)(=O)N(CCCC(=O)NCCc1ccc(F)cc1)c1ccc(F)c(F)c1. The number of amides is 1. The van der Waals surface area contributed by atoms with E-state index in [2.05, 4.69) is 5.32 Å². The van der Waals surface area contributed by atoms with Gasteiger partial charge in [0.15, 0.2) is 11.6 Å². The number of hydrogen-bond acceptors (Lipinski definition) is 3. The Bertz CT molecular complexity index is 919. The van der Waals surface area contributed by atoms with Crippen LogP contribution in [0.2, 0.25) is 0 Å². The summed E-state index contributed by atoms with van der Waals surface area (Å²) in [5.74, 6) is -2.81. The monoisotopic (exact) mass is 414 g/mol. The molecule has 9 heteroatoms. The molecule has 0 atom stereocenters. The molecule has 0 spiro atoms. The molecule has 5 nitrogen and oxygen atoms in total. The fraction of sp³-hybridized carbons (Fsp3) is 0.316. The van der Waals surface area contributed by atoms with Crippen LogP contribution in [0.5, 0.6) is 0 Å². The summed E-state index contributed by atoms with van der Waals surface area (Å²) in [7, 11) is -3.72. The number of rotatable bonds is 9. The Kier molecular flexibility index (Phi) is 7.45. The molecule has 0 aromatic heterocycles. The zero-order valence-corrected chi connectivity index (χ0v) is 16.1. The van der Waals surface area contributed by atoms with Crippen LogP contribution in [0.1, 0.15) is 18.4 Å². The lowest BCUT2D eigenvalue weighted by Gasteiger charge is -2.22. The van der Waals surface area contributed by atoms with Gasteiger partial charge < -0.3 is 5.32 Å². The molecule has 1 N–H and O–H groups in total. The third kappa shape index (κ3) is 6.56. The van der Waals surface area contributed by atoms with E-state index in [-0.39, 0.29) is 36.8 Å². The fourth-order valence-corrected chi connectivity index (χ4v) is 3.55. The van der Waals surface area contributed by atoms with Crippen LogP contribution >= 0.6 is 0 Å². The van der Waals surface area contributed by atoms with Gasteiger partial charge in [-0.25, -0.2) is 21.6 Å². The number of nitrogens with zero attached hydrogens (tertiary/aromatic N) is 1. The standard InChI is InChI=1S/C19H21F3N2O3S/c1-28(26,27)24(16-8-9-17(21)18(22)13-16)12-2-3-19(25)23-11-10-14-4-6-15(20)7-5-14/h4-9,13H,2-3,10-12H2,1H3,(H,23,25). The molecule has 2 rings (SSSR count). The second-order valence-corrected chi connectivity index (χ2v) is 8.17. The van der Waals surface area contributed by atoms with Crippen LogP contribution in [0.4, 0.5) is 18.9 Å². The van der Waals surface area contributed by atoms with Crippen molar-refractivity contribution >= 4 is 21.6 Å². The summed E-state index contributed by atoms with van der Waals surface area (Å²) in [6, 6.07) is 8.78. The third-order valence-corrected chi connectivity index (χ3v) is 5.20. The second kappa shape index (κ2) is 9.59. The van der Waals surface area contributed by atoms with Gasteiger partial charge in [-0.1, -0.05) is 12.1 Å². The predicted octanol–water partition coefficient (Wildman–Crippen LogP) is 3.01. The Morgan fingerprint density at radius 1 is 1.04 bits per heavy atom. The highest BCUT2D eigenvalue weighted by Crippen LogP contribution is 2.21. The highest BCUT2D eigenvalue weighted by molar-refractivity contribution is 7.92. The van der Waals surface area contributed by atoms with Crippen LogP contribution in [0.25, 0.3) is 0 Å². The lowest BCUT2D eigenvalue weighted by Crippen LogP contribution is -2.32. The molecule has 0 bridgehead atoms. The highest BCUT2D eigenvalue weighted by atomic mass is 32.2. The summed E-state index contributed by atoms with van der Waals surface area (Å²) in [5.41, 5.74) is 0.876. The molecule has 28 heavy (non-hydrogen) atoms. The van der Waals surface area contributed by atoms with Gasteiger partial charge in [0.25, 0.3) is 0 Å². The number of anilines is 1. The third-order valence-electron chi connectivity index (χ3n) is 4.01. The van der Waals surface area contributed by atoms with Gasteiger partial charge in [-0.15, -0.1) is 0 Å². The molecule has 0 aliphatic carbocycles. The van der Waals surface area contributed by atoms with Crippen molar-refractivity contribution in [2.75, 3.05) is 23.7 Å². The Labute approximate surface area is 162 Å². The topological polar surface area (TPSA) is 66.5 Å². The minimum absolute atomic E-state index is 0.00174. The van der Waals surface area contributed by atoms with Gasteiger partial charge in [-0.3, -0.25) is 9.10 Å². The van der Waals surface area contributed by atoms with E-state index in [4.69, 9.17) is 0 Å². The zero-order chi connectivity index (χ0) is 20.7. The molecule has 0 fully saturated rings. The van der Waals surface area contributed by atoms with E-state index in [1.807, 2.05) is 0 Å². The number of hydrogen-bond donors (Lipinski definition) is 1. The molecule has 0 saturated heterocycles. The summed E-state index contributed by atoms with van der Waals surface area (Å²) in [5, 5.41) is 2.70. The van der Waals surface area contributed by atoms with E-state index in [1.165, 1.54) is 18.2 Å². The molecule has 152 valence electrons. The van der Waals surface area contributed by atoms with Crippen molar-refractivity contribution in [3.63, 3.8) is 0 Å². The summed E-state index contributed by atoms with van der Waals surface area (Å²) in [6.45, 7) is 0.318. The molecule has 0 heterocycles. The van der Waals surface area contributed by atoms with Crippen LogP contribution in [-0.2, 0) is 21.2 Å². The van der Waals surface area contributed by atoms with Gasteiger partial charge in [0.1, 0.15) is 5.82 Å². The first-order valence-electron chi connectivity index (χ1n) is 8.61. The predicted molar refractivity (Wildman–Crippen MR) is 101 cm³/mol. The van der Waals surface area contributed by atoms with Crippen LogP contribution < -0.4 is 9.62 Å². The smallest absolute Gasteiger partial charge is 0.232 e. The highest BCUT2D eigenvalue weighted by Gasteiger charge is 2.19. The van der Waals surface area contributed by atoms with Crippen molar-refractivity contribution in [3.05, 3.63) is 65.5 Å². The van der Waals surface area contributed by atoms with Crippen LogP contribution in [0, 0.1) is 17.5 Å². The maximum absolute atomic E-state index is 13.4. The maximum atomic E-state index is 13.4. The van der Waals surface area contributed by atoms with Gasteiger partial charge in [0.05, 0.1) is 11.9 Å². The Hall–Kier alpha value is -2.55. The second-order valence-electron chi connectivity index (χ2n) is 6.26. The molecule has 0 saturated carbocycles. The Morgan fingerprint density at radius 2 is 1.71 bits per heavy atom. The fourth-order valence-electron chi connectivity index (χ4n) is 2.60. The Balaban J connectivity index is 1.83. The largest absolute Gasteiger partial charge is 0.356 e. The van der Waals surface area contributed by atoms with E-state index >= 15 is 0 Å². The number of sulfonamides is 1. The van der Waals surface area contributed by atoms with Crippen LogP contribution in [-0.4, -0.2) is 33.7 Å². The van der Waals surface area contributed by atoms with Gasteiger partial charge in [0, 0.05) is 25.6 Å². The lowest BCUT2D eigenvalue weighted by atomic mass is 10.1. The normalized spacial score (nSPS) is 11.3. The van der Waals surface area contributed by atoms with Crippen molar-refractivity contribution in [3.8, 4) is 0 Å². The zero-order valence-electron chi connectivity index (χ0n) is 15.3. The van der Waals surface area contributed by atoms with Crippen molar-refractivity contribution < 1.29 is 26.4 Å². The van der Waals surface area contributed by atoms with Crippen molar-refractivity contribution in [2.24, 2.45) is 0 Å². The van der Waals surface area contributed by atoms with Crippen molar-refractivity contribution in [1.29, 1.82) is 0 Å². The number of nitrogens with one attached hydrogen (secondary N) is 1. The van der Waals surface area contributed by atoms with Gasteiger partial charge in [-0.2, -0.15) is 0 Å². The van der Waals surface area contributed by atoms with Gasteiger partial charge >= 0.3 is 0 Å². The summed E-state index contributed by atoms with van der Waals surface area (Å²) in [6.07, 6.45) is 1.76. The molecular formula is C19H21F3N2O3S. The minimum Gasteiger partial charge on any atom is -0.356 e. The minimum atomic E-state index is -3.72. The number of halogens is 3. The molecule has 0 aliphatic heterocycles. The van der Waals surface area contributed by atoms with E-state index in [0.29, 0.717) is 13.0 Å². The van der Waals surface area contributed by atoms with Crippen molar-refractivity contribution in [1.82, 2.24) is 5.32 Å². The van der Waals surface area contributed by atoms with Crippen LogP contribution in [0.15, 0.2) is 42.5 Å². The molecular weight excluding hydrogens is 393 g/mol. The quantitative estimate of drug-likeness (QED) is 0.686. The van der Waals surface area contributed by atoms with Gasteiger partial charge in [-0.05, 0) is 42.7 Å². The van der Waals surface area contributed by atoms with E-state index in [0.717, 1.165) is 28.3 Å².